The van der Waals surface area contributed by atoms with E-state index in [1.165, 1.54) is 295 Å². The summed E-state index contributed by atoms with van der Waals surface area (Å²) in [5.74, 6) is -0.859. The lowest BCUT2D eigenvalue weighted by Gasteiger charge is -2.18. The molecule has 0 aromatic rings. The normalized spacial score (nSPS) is 12.2. The van der Waals surface area contributed by atoms with E-state index in [0.29, 0.717) is 19.3 Å². The Morgan fingerprint density at radius 3 is 0.700 bits per heavy atom. The van der Waals surface area contributed by atoms with Gasteiger partial charge >= 0.3 is 17.9 Å². The van der Waals surface area contributed by atoms with Gasteiger partial charge in [0.05, 0.1) is 0 Å². The molecule has 0 rings (SSSR count). The molecule has 0 heterocycles. The first-order valence-corrected chi connectivity index (χ1v) is 36.0. The third-order valence-electron chi connectivity index (χ3n) is 16.4. The van der Waals surface area contributed by atoms with E-state index in [0.717, 1.165) is 64.2 Å². The highest BCUT2D eigenvalue weighted by molar-refractivity contribution is 5.71. The number of carbonyl (C=O) groups is 3. The zero-order valence-electron chi connectivity index (χ0n) is 54.1. The number of esters is 3. The molecule has 80 heavy (non-hydrogen) atoms. The van der Waals surface area contributed by atoms with Crippen molar-refractivity contribution in [2.75, 3.05) is 13.2 Å². The van der Waals surface area contributed by atoms with Crippen LogP contribution in [0.1, 0.15) is 400 Å². The van der Waals surface area contributed by atoms with Gasteiger partial charge in [-0.05, 0) is 77.0 Å². The predicted molar refractivity (Wildman–Crippen MR) is 349 cm³/mol. The maximum atomic E-state index is 12.9. The molecular formula is C74H138O6. The maximum absolute atomic E-state index is 12.9. The summed E-state index contributed by atoms with van der Waals surface area (Å²) in [7, 11) is 0. The minimum Gasteiger partial charge on any atom is -0.462 e. The third kappa shape index (κ3) is 66.4. The highest BCUT2D eigenvalue weighted by Crippen LogP contribution is 2.19. The van der Waals surface area contributed by atoms with Crippen LogP contribution >= 0.6 is 0 Å². The number of hydrogen-bond donors (Lipinski definition) is 0. The summed E-state index contributed by atoms with van der Waals surface area (Å²) >= 11 is 0. The van der Waals surface area contributed by atoms with Crippen LogP contribution in [0.3, 0.4) is 0 Å². The first-order valence-electron chi connectivity index (χ1n) is 36.0. The van der Waals surface area contributed by atoms with Crippen molar-refractivity contribution in [3.05, 3.63) is 36.5 Å². The van der Waals surface area contributed by atoms with Crippen LogP contribution in [-0.2, 0) is 28.6 Å². The second kappa shape index (κ2) is 69.1. The van der Waals surface area contributed by atoms with E-state index in [9.17, 15) is 14.4 Å². The van der Waals surface area contributed by atoms with Crippen molar-refractivity contribution in [3.63, 3.8) is 0 Å². The van der Waals surface area contributed by atoms with E-state index in [-0.39, 0.29) is 31.1 Å². The molecule has 6 nitrogen and oxygen atoms in total. The lowest BCUT2D eigenvalue weighted by Crippen LogP contribution is -2.30. The summed E-state index contributed by atoms with van der Waals surface area (Å²) in [6.45, 7) is 6.63. The van der Waals surface area contributed by atoms with E-state index in [1.807, 2.05) is 0 Å². The van der Waals surface area contributed by atoms with E-state index >= 15 is 0 Å². The fourth-order valence-electron chi connectivity index (χ4n) is 10.9. The monoisotopic (exact) mass is 1120 g/mol. The summed E-state index contributed by atoms with van der Waals surface area (Å²) in [6.07, 6.45) is 86.6. The summed E-state index contributed by atoms with van der Waals surface area (Å²) in [5.41, 5.74) is 0. The highest BCUT2D eigenvalue weighted by Gasteiger charge is 2.19. The van der Waals surface area contributed by atoms with Crippen molar-refractivity contribution in [3.8, 4) is 0 Å². The topological polar surface area (TPSA) is 78.9 Å². The first-order chi connectivity index (χ1) is 39.5. The quantitative estimate of drug-likeness (QED) is 0.0261. The number of rotatable bonds is 67. The molecule has 0 amide bonds. The van der Waals surface area contributed by atoms with E-state index in [4.69, 9.17) is 14.2 Å². The van der Waals surface area contributed by atoms with Crippen molar-refractivity contribution >= 4 is 17.9 Å². The Kier molecular flexibility index (Phi) is 67.1. The van der Waals surface area contributed by atoms with Crippen molar-refractivity contribution in [2.24, 2.45) is 0 Å². The molecule has 0 spiro atoms. The summed E-state index contributed by atoms with van der Waals surface area (Å²) in [6, 6.07) is 0. The molecule has 0 saturated carbocycles. The fraction of sp³-hybridized carbons (Fsp3) is 0.878. The molecule has 0 aliphatic rings. The largest absolute Gasteiger partial charge is 0.462 e. The second-order valence-electron chi connectivity index (χ2n) is 24.5. The van der Waals surface area contributed by atoms with Crippen LogP contribution in [0.25, 0.3) is 0 Å². The van der Waals surface area contributed by atoms with Crippen molar-refractivity contribution in [1.82, 2.24) is 0 Å². The number of hydrogen-bond acceptors (Lipinski definition) is 6. The minimum atomic E-state index is -0.769. The predicted octanol–water partition coefficient (Wildman–Crippen LogP) is 24.7. The molecule has 0 aliphatic carbocycles. The lowest BCUT2D eigenvalue weighted by atomic mass is 10.0. The van der Waals surface area contributed by atoms with Crippen molar-refractivity contribution in [1.29, 1.82) is 0 Å². The average molecular weight is 1120 g/mol. The molecule has 0 radical (unpaired) electrons. The Morgan fingerprint density at radius 1 is 0.250 bits per heavy atom. The van der Waals surface area contributed by atoms with Gasteiger partial charge in [-0.15, -0.1) is 0 Å². The molecular weight excluding hydrogens is 985 g/mol. The molecule has 0 saturated heterocycles. The molecule has 6 heteroatoms. The molecule has 0 bridgehead atoms. The lowest BCUT2D eigenvalue weighted by molar-refractivity contribution is -0.167. The zero-order chi connectivity index (χ0) is 57.8. The van der Waals surface area contributed by atoms with Gasteiger partial charge < -0.3 is 14.2 Å². The molecule has 0 aromatic carbocycles. The zero-order valence-corrected chi connectivity index (χ0v) is 54.1. The van der Waals surface area contributed by atoms with Crippen LogP contribution in [-0.4, -0.2) is 37.2 Å². The minimum absolute atomic E-state index is 0.0691. The van der Waals surface area contributed by atoms with Crippen LogP contribution in [0.5, 0.6) is 0 Å². The molecule has 1 unspecified atom stereocenters. The molecule has 470 valence electrons. The van der Waals surface area contributed by atoms with Crippen LogP contribution in [0.4, 0.5) is 0 Å². The number of unbranched alkanes of at least 4 members (excludes halogenated alkanes) is 50. The average Bonchev–Trinajstić information content (AvgIpc) is 3.46. The van der Waals surface area contributed by atoms with Gasteiger partial charge in [0.25, 0.3) is 0 Å². The fourth-order valence-corrected chi connectivity index (χ4v) is 10.9. The molecule has 0 fully saturated rings. The van der Waals surface area contributed by atoms with Crippen LogP contribution in [0.2, 0.25) is 0 Å². The Hall–Kier alpha value is -2.37. The van der Waals surface area contributed by atoms with Crippen LogP contribution in [0, 0.1) is 0 Å². The van der Waals surface area contributed by atoms with Gasteiger partial charge in [0.2, 0.25) is 0 Å². The van der Waals surface area contributed by atoms with Crippen molar-refractivity contribution < 1.29 is 28.6 Å². The number of carbonyl (C=O) groups excluding carboxylic acids is 3. The SMILES string of the molecule is CCCCCCC/C=C\C/C=C\CCCCCCCCCCCC(=O)OC(COC(=O)CCCCCCCC)COC(=O)CCCCCCCCCCCCCCCCCCCCCCCCC/C=C\CCCCCCCCCC. The van der Waals surface area contributed by atoms with E-state index in [1.54, 1.807) is 0 Å². The maximum Gasteiger partial charge on any atom is 0.306 e. The Labute approximate surface area is 499 Å². The number of ether oxygens (including phenoxy) is 3. The summed E-state index contributed by atoms with van der Waals surface area (Å²) < 4.78 is 16.8. The van der Waals surface area contributed by atoms with E-state index < -0.39 is 6.10 Å². The molecule has 0 aromatic heterocycles. The summed E-state index contributed by atoms with van der Waals surface area (Å²) in [4.78, 5) is 38.1. The Bertz CT molecular complexity index is 1340. The van der Waals surface area contributed by atoms with Crippen LogP contribution < -0.4 is 0 Å². The molecule has 0 N–H and O–H groups in total. The molecule has 0 aliphatic heterocycles. The standard InChI is InChI=1S/C74H138O6/c1-4-7-10-13-16-18-20-22-24-26-28-30-31-32-33-34-35-36-37-38-39-40-41-42-43-45-46-48-50-52-54-56-58-61-64-67-73(76)79-70-71(69-78-72(75)66-63-60-15-12-9-6-3)80-74(77)68-65-62-59-57-55-53-51-49-47-44-29-27-25-23-21-19-17-14-11-8-5-2/h21,23,26-29,71H,4-20,22,24-25,30-70H2,1-3H3/b23-21-,28-26-,29-27-. The summed E-state index contributed by atoms with van der Waals surface area (Å²) in [5, 5.41) is 0. The Morgan fingerprint density at radius 2 is 0.450 bits per heavy atom. The van der Waals surface area contributed by atoms with Gasteiger partial charge in [-0.2, -0.15) is 0 Å². The number of allylic oxidation sites excluding steroid dienone is 6. The van der Waals surface area contributed by atoms with Gasteiger partial charge in [0, 0.05) is 19.3 Å². The highest BCUT2D eigenvalue weighted by atomic mass is 16.6. The Balaban J connectivity index is 3.91. The first kappa shape index (κ1) is 77.6. The molecule has 1 atom stereocenters. The third-order valence-corrected chi connectivity index (χ3v) is 16.4. The smallest absolute Gasteiger partial charge is 0.306 e. The van der Waals surface area contributed by atoms with E-state index in [2.05, 4.69) is 57.2 Å². The van der Waals surface area contributed by atoms with Gasteiger partial charge in [-0.3, -0.25) is 14.4 Å². The van der Waals surface area contributed by atoms with Gasteiger partial charge in [-0.1, -0.05) is 340 Å². The van der Waals surface area contributed by atoms with Crippen molar-refractivity contribution in [2.45, 2.75) is 406 Å². The van der Waals surface area contributed by atoms with Gasteiger partial charge in [0.1, 0.15) is 13.2 Å². The van der Waals surface area contributed by atoms with Gasteiger partial charge in [-0.25, -0.2) is 0 Å². The van der Waals surface area contributed by atoms with Crippen LogP contribution in [0.15, 0.2) is 36.5 Å². The van der Waals surface area contributed by atoms with Gasteiger partial charge in [0.15, 0.2) is 6.10 Å². The second-order valence-corrected chi connectivity index (χ2v) is 24.5.